The van der Waals surface area contributed by atoms with Gasteiger partial charge in [-0.3, -0.25) is 9.48 Å². The number of amides is 1. The van der Waals surface area contributed by atoms with Crippen LogP contribution in [0.25, 0.3) is 0 Å². The predicted molar refractivity (Wildman–Crippen MR) is 101 cm³/mol. The van der Waals surface area contributed by atoms with Gasteiger partial charge >= 0.3 is 0 Å². The van der Waals surface area contributed by atoms with E-state index in [1.807, 2.05) is 32.5 Å². The van der Waals surface area contributed by atoms with Gasteiger partial charge in [0, 0.05) is 24.9 Å². The molecule has 1 amide bonds. The van der Waals surface area contributed by atoms with Gasteiger partial charge in [0.25, 0.3) is 0 Å². The van der Waals surface area contributed by atoms with Gasteiger partial charge in [0.15, 0.2) is 0 Å². The largest absolute Gasteiger partial charge is 0.376 e. The van der Waals surface area contributed by atoms with Gasteiger partial charge < -0.3 is 10.1 Å². The molecular formula is C20H35N3O2. The lowest BCUT2D eigenvalue weighted by molar-refractivity contribution is -0.124. The van der Waals surface area contributed by atoms with Crippen LogP contribution in [-0.4, -0.2) is 34.4 Å². The first kappa shape index (κ1) is 20.0. The summed E-state index contributed by atoms with van der Waals surface area (Å²) in [7, 11) is 1.93. The van der Waals surface area contributed by atoms with Crippen molar-refractivity contribution in [3.8, 4) is 0 Å². The summed E-state index contributed by atoms with van der Waals surface area (Å²) in [5.74, 6) is 0.545. The fourth-order valence-electron chi connectivity index (χ4n) is 3.77. The van der Waals surface area contributed by atoms with Gasteiger partial charge in [-0.15, -0.1) is 0 Å². The zero-order valence-corrected chi connectivity index (χ0v) is 16.8. The van der Waals surface area contributed by atoms with E-state index in [1.54, 1.807) is 0 Å². The van der Waals surface area contributed by atoms with Crippen LogP contribution in [0.3, 0.4) is 0 Å². The molecule has 142 valence electrons. The lowest BCUT2D eigenvalue weighted by Gasteiger charge is -2.33. The van der Waals surface area contributed by atoms with Crippen LogP contribution in [0, 0.1) is 19.8 Å². The second kappa shape index (κ2) is 8.84. The van der Waals surface area contributed by atoms with Gasteiger partial charge in [0.05, 0.1) is 23.8 Å². The first-order chi connectivity index (χ1) is 11.8. The monoisotopic (exact) mass is 349 g/mol. The fourth-order valence-corrected chi connectivity index (χ4v) is 3.77. The fraction of sp³-hybridized carbons (Fsp3) is 0.800. The van der Waals surface area contributed by atoms with E-state index in [4.69, 9.17) is 4.74 Å². The number of nitrogens with one attached hydrogen (secondary N) is 1. The minimum Gasteiger partial charge on any atom is -0.376 e. The van der Waals surface area contributed by atoms with Crippen molar-refractivity contribution in [1.29, 1.82) is 0 Å². The third-order valence-electron chi connectivity index (χ3n) is 5.45. The van der Waals surface area contributed by atoms with Crippen LogP contribution in [0.15, 0.2) is 0 Å². The molecular weight excluding hydrogens is 314 g/mol. The Morgan fingerprint density at radius 2 is 1.96 bits per heavy atom. The summed E-state index contributed by atoms with van der Waals surface area (Å²) in [6, 6.07) is 0.133. The Morgan fingerprint density at radius 3 is 2.56 bits per heavy atom. The van der Waals surface area contributed by atoms with Crippen molar-refractivity contribution in [2.75, 3.05) is 6.61 Å². The van der Waals surface area contributed by atoms with E-state index in [-0.39, 0.29) is 24.0 Å². The first-order valence-corrected chi connectivity index (χ1v) is 9.73. The van der Waals surface area contributed by atoms with Crippen molar-refractivity contribution in [3.63, 3.8) is 0 Å². The van der Waals surface area contributed by atoms with Crippen molar-refractivity contribution in [3.05, 3.63) is 17.0 Å². The van der Waals surface area contributed by atoms with Crippen molar-refractivity contribution in [2.45, 2.75) is 84.8 Å². The lowest BCUT2D eigenvalue weighted by Crippen LogP contribution is -2.47. The molecule has 1 N–H and O–H groups in total. The van der Waals surface area contributed by atoms with Crippen LogP contribution in [0.1, 0.15) is 75.7 Å². The minimum atomic E-state index is -0.188. The Hall–Kier alpha value is -1.36. The predicted octanol–water partition coefficient (Wildman–Crippen LogP) is 3.63. The Balaban J connectivity index is 1.99. The van der Waals surface area contributed by atoms with E-state index in [0.717, 1.165) is 49.2 Å². The summed E-state index contributed by atoms with van der Waals surface area (Å²) in [4.78, 5) is 12.8. The third-order valence-corrected chi connectivity index (χ3v) is 5.45. The second-order valence-electron chi connectivity index (χ2n) is 7.92. The van der Waals surface area contributed by atoms with Crippen LogP contribution in [-0.2, 0) is 16.6 Å². The number of ether oxygens (including phenoxy) is 1. The standard InChI is InChI=1S/C20H35N3O2/c1-13(2)11-12-25-18-10-8-7-9-17(18)21-20(24)14(3)19-15(4)22-23(6)16(19)5/h13-14,17-18H,7-12H2,1-6H3,(H,21,24)/t14-,17-,18+/m0/s1. The summed E-state index contributed by atoms with van der Waals surface area (Å²) in [5, 5.41) is 7.71. The number of nitrogens with zero attached hydrogens (tertiary/aromatic N) is 2. The molecule has 0 aromatic carbocycles. The molecule has 1 fully saturated rings. The minimum absolute atomic E-state index is 0.0866. The maximum Gasteiger partial charge on any atom is 0.227 e. The second-order valence-corrected chi connectivity index (χ2v) is 7.92. The number of carbonyl (C=O) groups excluding carboxylic acids is 1. The molecule has 1 saturated carbocycles. The summed E-state index contributed by atoms with van der Waals surface area (Å²) in [6.45, 7) is 11.2. The van der Waals surface area contributed by atoms with Gasteiger partial charge in [0.2, 0.25) is 5.91 Å². The van der Waals surface area contributed by atoms with Gasteiger partial charge in [-0.25, -0.2) is 0 Å². The Morgan fingerprint density at radius 1 is 1.28 bits per heavy atom. The Kier molecular flexibility index (Phi) is 7.05. The normalized spacial score (nSPS) is 22.2. The number of carbonyl (C=O) groups is 1. The number of hydrogen-bond acceptors (Lipinski definition) is 3. The highest BCUT2D eigenvalue weighted by Gasteiger charge is 2.30. The van der Waals surface area contributed by atoms with E-state index in [9.17, 15) is 4.79 Å². The molecule has 0 saturated heterocycles. The van der Waals surface area contributed by atoms with Gasteiger partial charge in [-0.2, -0.15) is 5.10 Å². The van der Waals surface area contributed by atoms with E-state index < -0.39 is 0 Å². The van der Waals surface area contributed by atoms with Crippen LogP contribution in [0.2, 0.25) is 0 Å². The zero-order chi connectivity index (χ0) is 18.6. The maximum absolute atomic E-state index is 12.8. The highest BCUT2D eigenvalue weighted by Crippen LogP contribution is 2.26. The number of hydrogen-bond donors (Lipinski definition) is 1. The van der Waals surface area contributed by atoms with Crippen LogP contribution in [0.4, 0.5) is 0 Å². The lowest BCUT2D eigenvalue weighted by atomic mass is 9.91. The van der Waals surface area contributed by atoms with E-state index >= 15 is 0 Å². The van der Waals surface area contributed by atoms with Crippen molar-refractivity contribution in [1.82, 2.24) is 15.1 Å². The van der Waals surface area contributed by atoms with Crippen molar-refractivity contribution >= 4 is 5.91 Å². The summed E-state index contributed by atoms with van der Waals surface area (Å²) < 4.78 is 7.97. The molecule has 1 aliphatic carbocycles. The molecule has 0 spiro atoms. The summed E-state index contributed by atoms with van der Waals surface area (Å²) in [6.07, 6.45) is 5.63. The molecule has 0 radical (unpaired) electrons. The molecule has 1 heterocycles. The average Bonchev–Trinajstić information content (AvgIpc) is 2.80. The highest BCUT2D eigenvalue weighted by molar-refractivity contribution is 5.84. The molecule has 2 rings (SSSR count). The SMILES string of the molecule is Cc1nn(C)c(C)c1[C@H](C)C(=O)N[C@H]1CCCC[C@H]1OCCC(C)C. The number of aryl methyl sites for hydroxylation is 2. The van der Waals surface area contributed by atoms with Gasteiger partial charge in [0.1, 0.15) is 0 Å². The van der Waals surface area contributed by atoms with Gasteiger partial charge in [-0.05, 0) is 46.0 Å². The summed E-state index contributed by atoms with van der Waals surface area (Å²) in [5.41, 5.74) is 3.05. The molecule has 0 unspecified atom stereocenters. The smallest absolute Gasteiger partial charge is 0.227 e. The molecule has 3 atom stereocenters. The number of aromatic nitrogens is 2. The molecule has 1 aliphatic rings. The quantitative estimate of drug-likeness (QED) is 0.818. The first-order valence-electron chi connectivity index (χ1n) is 9.73. The topological polar surface area (TPSA) is 56.2 Å². The van der Waals surface area contributed by atoms with Crippen molar-refractivity contribution < 1.29 is 9.53 Å². The number of rotatable bonds is 7. The molecule has 0 aliphatic heterocycles. The van der Waals surface area contributed by atoms with E-state index in [1.165, 1.54) is 6.42 Å². The molecule has 25 heavy (non-hydrogen) atoms. The van der Waals surface area contributed by atoms with Crippen LogP contribution >= 0.6 is 0 Å². The Bertz CT molecular complexity index is 580. The molecule has 1 aromatic rings. The molecule has 0 bridgehead atoms. The van der Waals surface area contributed by atoms with Crippen LogP contribution in [0.5, 0.6) is 0 Å². The van der Waals surface area contributed by atoms with Gasteiger partial charge in [-0.1, -0.05) is 26.7 Å². The Labute approximate surface area is 152 Å². The van der Waals surface area contributed by atoms with Crippen LogP contribution < -0.4 is 5.32 Å². The molecule has 5 heteroatoms. The van der Waals surface area contributed by atoms with E-state index in [0.29, 0.717) is 5.92 Å². The third kappa shape index (κ3) is 5.06. The highest BCUT2D eigenvalue weighted by atomic mass is 16.5. The molecule has 1 aromatic heterocycles. The van der Waals surface area contributed by atoms with E-state index in [2.05, 4.69) is 24.3 Å². The van der Waals surface area contributed by atoms with Crippen molar-refractivity contribution in [2.24, 2.45) is 13.0 Å². The molecule has 5 nitrogen and oxygen atoms in total. The zero-order valence-electron chi connectivity index (χ0n) is 16.8. The maximum atomic E-state index is 12.8. The summed E-state index contributed by atoms with van der Waals surface area (Å²) >= 11 is 0. The average molecular weight is 350 g/mol.